The van der Waals surface area contributed by atoms with E-state index in [0.717, 1.165) is 0 Å². The van der Waals surface area contributed by atoms with Crippen molar-refractivity contribution in [3.63, 3.8) is 0 Å². The first kappa shape index (κ1) is 14.3. The van der Waals surface area contributed by atoms with Gasteiger partial charge in [0.25, 0.3) is 5.69 Å². The maximum Gasteiger partial charge on any atom is 0.306 e. The van der Waals surface area contributed by atoms with Gasteiger partial charge in [0.05, 0.1) is 29.3 Å². The zero-order valence-electron chi connectivity index (χ0n) is 9.99. The number of ether oxygens (including phenoxy) is 1. The molecule has 0 N–H and O–H groups in total. The summed E-state index contributed by atoms with van der Waals surface area (Å²) < 4.78 is 16.5. The highest BCUT2D eigenvalue weighted by Gasteiger charge is 2.18. The fourth-order valence-corrected chi connectivity index (χ4v) is 2.48. The van der Waals surface area contributed by atoms with Crippen molar-refractivity contribution in [1.82, 2.24) is 0 Å². The first-order valence-corrected chi connectivity index (χ1v) is 6.39. The molecule has 0 saturated carbocycles. The summed E-state index contributed by atoms with van der Waals surface area (Å²) in [7, 11) is -0.128. The molecule has 0 spiro atoms. The maximum absolute atomic E-state index is 12.0. The summed E-state index contributed by atoms with van der Waals surface area (Å²) in [6.07, 6.45) is 0.0418. The van der Waals surface area contributed by atoms with Crippen LogP contribution in [0.25, 0.3) is 0 Å². The highest BCUT2D eigenvalue weighted by atomic mass is 32.2. The molecule has 2 unspecified atom stereocenters. The normalized spacial score (nSPS) is 13.7. The molecule has 0 aliphatic heterocycles. The molecule has 1 aromatic carbocycles. The van der Waals surface area contributed by atoms with Crippen LogP contribution in [0.1, 0.15) is 13.3 Å². The molecule has 0 aromatic heterocycles. The lowest BCUT2D eigenvalue weighted by molar-refractivity contribution is -0.384. The predicted octanol–water partition coefficient (Wildman–Crippen LogP) is 1.65. The van der Waals surface area contributed by atoms with E-state index >= 15 is 0 Å². The molecule has 1 rings (SSSR count). The quantitative estimate of drug-likeness (QED) is 0.461. The third-order valence-electron chi connectivity index (χ3n) is 2.33. The van der Waals surface area contributed by atoms with Crippen molar-refractivity contribution in [3.05, 3.63) is 34.4 Å². The van der Waals surface area contributed by atoms with E-state index in [1.165, 1.54) is 31.4 Å². The number of nitro benzene ring substituents is 1. The van der Waals surface area contributed by atoms with Crippen LogP contribution in [0.4, 0.5) is 5.69 Å². The summed E-state index contributed by atoms with van der Waals surface area (Å²) in [4.78, 5) is 21.5. The number of hydrogen-bond donors (Lipinski definition) is 0. The Morgan fingerprint density at radius 2 is 2.00 bits per heavy atom. The van der Waals surface area contributed by atoms with Crippen molar-refractivity contribution in [2.75, 3.05) is 7.11 Å². The van der Waals surface area contributed by atoms with Gasteiger partial charge < -0.3 is 4.74 Å². The van der Waals surface area contributed by atoms with E-state index in [9.17, 15) is 19.1 Å². The van der Waals surface area contributed by atoms with Crippen molar-refractivity contribution in [1.29, 1.82) is 0 Å². The zero-order chi connectivity index (χ0) is 13.7. The fraction of sp³-hybridized carbons (Fsp3) is 0.364. The van der Waals surface area contributed by atoms with Crippen LogP contribution in [0.5, 0.6) is 0 Å². The minimum atomic E-state index is -1.40. The molecule has 0 aliphatic carbocycles. The molecule has 0 amide bonds. The van der Waals surface area contributed by atoms with Crippen molar-refractivity contribution in [2.24, 2.45) is 0 Å². The van der Waals surface area contributed by atoms with Gasteiger partial charge in [0.2, 0.25) is 0 Å². The minimum Gasteiger partial charge on any atom is -0.469 e. The van der Waals surface area contributed by atoms with Gasteiger partial charge in [0.15, 0.2) is 0 Å². The lowest BCUT2D eigenvalue weighted by Gasteiger charge is -2.09. The number of carbonyl (C=O) groups is 1. The molecule has 0 fully saturated rings. The second kappa shape index (κ2) is 6.25. The first-order chi connectivity index (χ1) is 8.45. The Morgan fingerprint density at radius 3 is 2.44 bits per heavy atom. The van der Waals surface area contributed by atoms with Crippen LogP contribution in [0.15, 0.2) is 29.2 Å². The third-order valence-corrected chi connectivity index (χ3v) is 3.96. The molecule has 6 nitrogen and oxygen atoms in total. The monoisotopic (exact) mass is 271 g/mol. The molecule has 0 aliphatic rings. The van der Waals surface area contributed by atoms with Crippen molar-refractivity contribution < 1.29 is 18.7 Å². The lowest BCUT2D eigenvalue weighted by Crippen LogP contribution is -2.17. The van der Waals surface area contributed by atoms with E-state index in [2.05, 4.69) is 4.74 Å². The lowest BCUT2D eigenvalue weighted by atomic mass is 10.3. The van der Waals surface area contributed by atoms with Gasteiger partial charge in [-0.3, -0.25) is 19.1 Å². The van der Waals surface area contributed by atoms with Crippen LogP contribution in [0.3, 0.4) is 0 Å². The Kier molecular flexibility index (Phi) is 4.96. The Labute approximate surface area is 107 Å². The van der Waals surface area contributed by atoms with Gasteiger partial charge in [-0.1, -0.05) is 0 Å². The second-order valence-corrected chi connectivity index (χ2v) is 5.51. The SMILES string of the molecule is COC(=O)CC(C)S(=O)c1ccc([N+](=O)[O-])cc1. The van der Waals surface area contributed by atoms with E-state index in [4.69, 9.17) is 0 Å². The van der Waals surface area contributed by atoms with Gasteiger partial charge in [-0.2, -0.15) is 0 Å². The maximum atomic E-state index is 12.0. The number of carbonyl (C=O) groups excluding carboxylic acids is 1. The molecule has 0 radical (unpaired) electrons. The number of nitro groups is 1. The molecular weight excluding hydrogens is 258 g/mol. The molecule has 7 heteroatoms. The average Bonchev–Trinajstić information content (AvgIpc) is 2.37. The standard InChI is InChI=1S/C11H13NO5S/c1-8(7-11(13)17-2)18(16)10-5-3-9(4-6-10)12(14)15/h3-6,8H,7H2,1-2H3. The molecule has 18 heavy (non-hydrogen) atoms. The van der Waals surface area contributed by atoms with Gasteiger partial charge >= 0.3 is 5.97 Å². The van der Waals surface area contributed by atoms with Gasteiger partial charge in [-0.15, -0.1) is 0 Å². The summed E-state index contributed by atoms with van der Waals surface area (Å²) in [5, 5.41) is 10.1. The van der Waals surface area contributed by atoms with Crippen molar-refractivity contribution in [2.45, 2.75) is 23.5 Å². The number of esters is 1. The largest absolute Gasteiger partial charge is 0.469 e. The first-order valence-electron chi connectivity index (χ1n) is 5.17. The van der Waals surface area contributed by atoms with Crippen LogP contribution in [0.2, 0.25) is 0 Å². The zero-order valence-corrected chi connectivity index (χ0v) is 10.8. The van der Waals surface area contributed by atoms with Crippen LogP contribution >= 0.6 is 0 Å². The summed E-state index contributed by atoms with van der Waals surface area (Å²) in [6, 6.07) is 5.44. The average molecular weight is 271 g/mol. The van der Waals surface area contributed by atoms with Crippen LogP contribution in [-0.2, 0) is 20.3 Å². The van der Waals surface area contributed by atoms with E-state index in [-0.39, 0.29) is 12.1 Å². The number of non-ortho nitro benzene ring substituents is 1. The highest BCUT2D eigenvalue weighted by molar-refractivity contribution is 7.85. The van der Waals surface area contributed by atoms with Crippen LogP contribution < -0.4 is 0 Å². The van der Waals surface area contributed by atoms with Gasteiger partial charge in [-0.25, -0.2) is 0 Å². The number of benzene rings is 1. The molecule has 2 atom stereocenters. The van der Waals surface area contributed by atoms with Crippen LogP contribution in [0, 0.1) is 10.1 Å². The van der Waals surface area contributed by atoms with Gasteiger partial charge in [0, 0.05) is 22.3 Å². The minimum absolute atomic E-state index is 0.0418. The van der Waals surface area contributed by atoms with Gasteiger partial charge in [0.1, 0.15) is 0 Å². The Bertz CT molecular complexity index is 471. The molecule has 1 aromatic rings. The molecular formula is C11H13NO5S. The third kappa shape index (κ3) is 3.63. The highest BCUT2D eigenvalue weighted by Crippen LogP contribution is 2.18. The van der Waals surface area contributed by atoms with Crippen LogP contribution in [-0.4, -0.2) is 27.5 Å². The molecule has 0 saturated heterocycles. The Hall–Kier alpha value is -1.76. The predicted molar refractivity (Wildman–Crippen MR) is 65.6 cm³/mol. The number of methoxy groups -OCH3 is 1. The summed E-state index contributed by atoms with van der Waals surface area (Å²) in [5.74, 6) is -0.433. The Morgan fingerprint density at radius 1 is 1.44 bits per heavy atom. The number of nitrogens with zero attached hydrogens (tertiary/aromatic N) is 1. The number of hydrogen-bond acceptors (Lipinski definition) is 5. The van der Waals surface area contributed by atoms with E-state index in [1.54, 1.807) is 6.92 Å². The second-order valence-electron chi connectivity index (χ2n) is 3.64. The number of rotatable bonds is 5. The summed E-state index contributed by atoms with van der Waals surface area (Å²) in [5.41, 5.74) is -0.0589. The van der Waals surface area contributed by atoms with Crippen molar-refractivity contribution >= 4 is 22.5 Å². The molecule has 0 heterocycles. The fourth-order valence-electron chi connectivity index (χ4n) is 1.33. The van der Waals surface area contributed by atoms with Gasteiger partial charge in [-0.05, 0) is 19.1 Å². The Balaban J connectivity index is 2.77. The van der Waals surface area contributed by atoms with E-state index in [1.807, 2.05) is 0 Å². The summed E-state index contributed by atoms with van der Waals surface area (Å²) in [6.45, 7) is 1.66. The molecule has 98 valence electrons. The topological polar surface area (TPSA) is 86.5 Å². The molecule has 0 bridgehead atoms. The van der Waals surface area contributed by atoms with Crippen molar-refractivity contribution in [3.8, 4) is 0 Å². The summed E-state index contributed by atoms with van der Waals surface area (Å²) >= 11 is 0. The van der Waals surface area contributed by atoms with E-state index < -0.39 is 26.9 Å². The van der Waals surface area contributed by atoms with E-state index in [0.29, 0.717) is 4.90 Å². The smallest absolute Gasteiger partial charge is 0.306 e.